The first-order chi connectivity index (χ1) is 12.5. The zero-order chi connectivity index (χ0) is 18.9. The molecule has 2 nitrogen and oxygen atoms in total. The van der Waals surface area contributed by atoms with Crippen molar-refractivity contribution in [1.29, 1.82) is 0 Å². The van der Waals surface area contributed by atoms with Gasteiger partial charge in [0, 0.05) is 17.2 Å². The average molecular weight is 356 g/mol. The maximum atomic E-state index is 12.8. The third-order valence-electron chi connectivity index (χ3n) is 4.03. The summed E-state index contributed by atoms with van der Waals surface area (Å²) in [5.41, 5.74) is 3.16. The molecule has 0 aliphatic carbocycles. The normalized spacial score (nSPS) is 11.3. The van der Waals surface area contributed by atoms with Crippen LogP contribution in [0, 0.1) is 0 Å². The smallest absolute Gasteiger partial charge is 0.505 e. The van der Waals surface area contributed by atoms with Crippen molar-refractivity contribution in [3.63, 3.8) is 0 Å². The second-order valence-electron chi connectivity index (χ2n) is 6.15. The van der Waals surface area contributed by atoms with Crippen molar-refractivity contribution in [1.82, 2.24) is 0 Å². The summed E-state index contributed by atoms with van der Waals surface area (Å²) in [4.78, 5) is 12.4. The summed E-state index contributed by atoms with van der Waals surface area (Å²) in [7, 11) is -2.99. The van der Waals surface area contributed by atoms with Gasteiger partial charge in [0.1, 0.15) is 5.76 Å². The minimum atomic E-state index is -2.99. The van der Waals surface area contributed by atoms with Crippen LogP contribution < -0.4 is 0 Å². The van der Waals surface area contributed by atoms with E-state index >= 15 is 0 Å². The molecule has 26 heavy (non-hydrogen) atoms. The van der Waals surface area contributed by atoms with Crippen molar-refractivity contribution in [3.05, 3.63) is 76.9 Å². The van der Waals surface area contributed by atoms with Gasteiger partial charge in [0.15, 0.2) is 5.78 Å². The van der Waals surface area contributed by atoms with Crippen LogP contribution >= 0.6 is 0 Å². The molecule has 0 heterocycles. The molecule has 0 saturated heterocycles. The number of halogens is 2. The van der Waals surface area contributed by atoms with Gasteiger partial charge in [0.05, 0.1) is 0 Å². The third kappa shape index (κ3) is 5.83. The van der Waals surface area contributed by atoms with Gasteiger partial charge in [0.2, 0.25) is 0 Å². The SMILES string of the molecule is CCCc1ccc(C(=O)/C=C(\OB(F)F)c2ccc(CCC)cc2)cc1. The maximum Gasteiger partial charge on any atom is 0.796 e. The predicted octanol–water partition coefficient (Wildman–Crippen LogP) is 5.76. The van der Waals surface area contributed by atoms with Gasteiger partial charge in [-0.25, -0.2) is 8.63 Å². The Bertz CT molecular complexity index is 738. The molecular weight excluding hydrogens is 333 g/mol. The first-order valence-electron chi connectivity index (χ1n) is 8.92. The van der Waals surface area contributed by atoms with Gasteiger partial charge in [0.25, 0.3) is 0 Å². The largest absolute Gasteiger partial charge is 0.796 e. The van der Waals surface area contributed by atoms with Crippen molar-refractivity contribution >= 4 is 19.0 Å². The predicted molar refractivity (Wildman–Crippen MR) is 102 cm³/mol. The van der Waals surface area contributed by atoms with Gasteiger partial charge in [-0.05, 0) is 24.0 Å². The fraction of sp³-hybridized carbons (Fsp3) is 0.286. The van der Waals surface area contributed by atoms with Crippen LogP contribution in [0.5, 0.6) is 0 Å². The Kier molecular flexibility index (Phi) is 7.58. The summed E-state index contributed by atoms with van der Waals surface area (Å²) in [6, 6.07) is 14.3. The summed E-state index contributed by atoms with van der Waals surface area (Å²) in [6.07, 6.45) is 5.01. The molecule has 0 fully saturated rings. The van der Waals surface area contributed by atoms with Crippen molar-refractivity contribution in [3.8, 4) is 0 Å². The van der Waals surface area contributed by atoms with E-state index in [9.17, 15) is 13.4 Å². The van der Waals surface area contributed by atoms with Gasteiger partial charge < -0.3 is 4.65 Å². The lowest BCUT2D eigenvalue weighted by molar-refractivity contribution is 0.104. The lowest BCUT2D eigenvalue weighted by Crippen LogP contribution is -2.07. The Labute approximate surface area is 154 Å². The van der Waals surface area contributed by atoms with E-state index in [4.69, 9.17) is 0 Å². The van der Waals surface area contributed by atoms with Crippen LogP contribution in [0.2, 0.25) is 0 Å². The van der Waals surface area contributed by atoms with Crippen molar-refractivity contribution in [2.75, 3.05) is 0 Å². The Morgan fingerprint density at radius 2 is 1.35 bits per heavy atom. The Hall–Kier alpha value is -2.43. The van der Waals surface area contributed by atoms with E-state index in [0.29, 0.717) is 11.1 Å². The fourth-order valence-electron chi connectivity index (χ4n) is 2.73. The Balaban J connectivity index is 2.25. The molecule has 0 unspecified atom stereocenters. The van der Waals surface area contributed by atoms with E-state index in [1.54, 1.807) is 24.3 Å². The number of hydrogen-bond acceptors (Lipinski definition) is 2. The van der Waals surface area contributed by atoms with Gasteiger partial charge in [-0.1, -0.05) is 75.2 Å². The molecule has 0 amide bonds. The van der Waals surface area contributed by atoms with Crippen LogP contribution in [0.3, 0.4) is 0 Å². The van der Waals surface area contributed by atoms with Gasteiger partial charge in [-0.3, -0.25) is 4.79 Å². The summed E-state index contributed by atoms with van der Waals surface area (Å²) >= 11 is 0. The van der Waals surface area contributed by atoms with Crippen LogP contribution in [0.1, 0.15) is 53.7 Å². The fourth-order valence-corrected chi connectivity index (χ4v) is 2.73. The van der Waals surface area contributed by atoms with Crippen LogP contribution in [-0.2, 0) is 17.5 Å². The molecule has 5 heteroatoms. The van der Waals surface area contributed by atoms with Crippen LogP contribution in [0.25, 0.3) is 5.76 Å². The molecule has 136 valence electrons. The Morgan fingerprint density at radius 3 is 1.77 bits per heavy atom. The molecule has 0 aliphatic rings. The minimum Gasteiger partial charge on any atom is -0.505 e. The lowest BCUT2D eigenvalue weighted by Gasteiger charge is -2.10. The number of rotatable bonds is 9. The highest BCUT2D eigenvalue weighted by atomic mass is 19.2. The number of hydrogen-bond donors (Lipinski definition) is 0. The number of aryl methyl sites for hydroxylation is 2. The van der Waals surface area contributed by atoms with Crippen LogP contribution in [0.4, 0.5) is 8.63 Å². The van der Waals surface area contributed by atoms with E-state index in [-0.39, 0.29) is 11.5 Å². The maximum absolute atomic E-state index is 12.8. The highest BCUT2D eigenvalue weighted by Gasteiger charge is 2.21. The minimum absolute atomic E-state index is 0.120. The van der Waals surface area contributed by atoms with E-state index in [1.807, 2.05) is 24.3 Å². The second kappa shape index (κ2) is 9.90. The van der Waals surface area contributed by atoms with Crippen molar-refractivity contribution in [2.45, 2.75) is 39.5 Å². The quantitative estimate of drug-likeness (QED) is 0.247. The monoisotopic (exact) mass is 356 g/mol. The number of benzene rings is 2. The van der Waals surface area contributed by atoms with E-state index in [1.165, 1.54) is 0 Å². The van der Waals surface area contributed by atoms with Gasteiger partial charge in [-0.15, -0.1) is 0 Å². The highest BCUT2D eigenvalue weighted by Crippen LogP contribution is 2.20. The number of ketones is 1. The molecule has 0 N–H and O–H groups in total. The summed E-state index contributed by atoms with van der Waals surface area (Å²) in [6.45, 7) is 4.16. The van der Waals surface area contributed by atoms with Crippen LogP contribution in [-0.4, -0.2) is 13.3 Å². The van der Waals surface area contributed by atoms with Gasteiger partial charge in [-0.2, -0.15) is 0 Å². The molecule has 2 aromatic rings. The van der Waals surface area contributed by atoms with Gasteiger partial charge >= 0.3 is 7.47 Å². The first-order valence-corrected chi connectivity index (χ1v) is 8.92. The molecular formula is C21H23BF2O2. The molecule has 0 radical (unpaired) electrons. The average Bonchev–Trinajstić information content (AvgIpc) is 2.62. The van der Waals surface area contributed by atoms with Crippen LogP contribution in [0.15, 0.2) is 54.6 Å². The summed E-state index contributed by atoms with van der Waals surface area (Å²) in [5.74, 6) is -0.480. The molecule has 0 saturated carbocycles. The topological polar surface area (TPSA) is 26.3 Å². The molecule has 0 bridgehead atoms. The molecule has 0 atom stereocenters. The van der Waals surface area contributed by atoms with Crippen molar-refractivity contribution < 1.29 is 18.1 Å². The van der Waals surface area contributed by atoms with E-state index in [2.05, 4.69) is 18.5 Å². The lowest BCUT2D eigenvalue weighted by atomic mass is 10.0. The highest BCUT2D eigenvalue weighted by molar-refractivity contribution is 6.36. The molecule has 0 aliphatic heterocycles. The summed E-state index contributed by atoms with van der Waals surface area (Å²) in [5, 5.41) is 0. The number of carbonyl (C=O) groups excluding carboxylic acids is 1. The van der Waals surface area contributed by atoms with E-state index < -0.39 is 7.47 Å². The molecule has 0 aromatic heterocycles. The second-order valence-corrected chi connectivity index (χ2v) is 6.15. The summed E-state index contributed by atoms with van der Waals surface area (Å²) < 4.78 is 30.2. The number of allylic oxidation sites excluding steroid dienone is 1. The standard InChI is InChI=1S/C21H23BF2O2/c1-3-5-16-7-11-18(12-8-16)20(25)15-21(26-22(23)24)19-13-9-17(6-4-2)10-14-19/h7-15H,3-6H2,1-2H3/b21-15-. The molecule has 2 rings (SSSR count). The zero-order valence-corrected chi connectivity index (χ0v) is 15.2. The molecule has 2 aromatic carbocycles. The zero-order valence-electron chi connectivity index (χ0n) is 15.2. The Morgan fingerprint density at radius 1 is 0.885 bits per heavy atom. The van der Waals surface area contributed by atoms with E-state index in [0.717, 1.165) is 42.9 Å². The van der Waals surface area contributed by atoms with Crippen molar-refractivity contribution in [2.24, 2.45) is 0 Å². The molecule has 0 spiro atoms. The first kappa shape index (κ1) is 19.9. The number of carbonyl (C=O) groups is 1. The third-order valence-corrected chi connectivity index (χ3v) is 4.03.